The molecule has 170 valence electrons. The fraction of sp³-hybridized carbons (Fsp3) is 0.192. The second-order valence-electron chi connectivity index (χ2n) is 7.61. The molecule has 0 saturated carbocycles. The molecule has 1 atom stereocenters. The zero-order valence-corrected chi connectivity index (χ0v) is 20.5. The number of carbonyl (C=O) groups excluding carboxylic acids is 2. The number of thioether (sulfide) groups is 1. The minimum Gasteiger partial charge on any atom is -0.332 e. The molecule has 0 saturated heterocycles. The van der Waals surface area contributed by atoms with Gasteiger partial charge in [-0.2, -0.15) is 0 Å². The molecular weight excluding hydrogens is 450 g/mol. The predicted molar refractivity (Wildman–Crippen MR) is 142 cm³/mol. The maximum Gasteiger partial charge on any atom is 0.237 e. The molecule has 0 heterocycles. The molecule has 1 amide bonds. The van der Waals surface area contributed by atoms with Crippen LogP contribution in [0.4, 0.5) is 17.1 Å². The number of benzene rings is 3. The van der Waals surface area contributed by atoms with Crippen molar-refractivity contribution in [3.8, 4) is 0 Å². The second-order valence-corrected chi connectivity index (χ2v) is 9.29. The minimum atomic E-state index is -0.259. The smallest absolute Gasteiger partial charge is 0.237 e. The van der Waals surface area contributed by atoms with Crippen molar-refractivity contribution in [3.05, 3.63) is 83.9 Å². The monoisotopic (exact) mass is 477 g/mol. The number of carbonyl (C=O) groups is 2. The van der Waals surface area contributed by atoms with Gasteiger partial charge in [0.2, 0.25) is 5.91 Å². The maximum absolute atomic E-state index is 12.8. The fourth-order valence-electron chi connectivity index (χ4n) is 3.08. The molecule has 3 rings (SSSR count). The van der Waals surface area contributed by atoms with Gasteiger partial charge in [-0.3, -0.25) is 9.59 Å². The van der Waals surface area contributed by atoms with Crippen LogP contribution in [0.25, 0.3) is 0 Å². The number of ketones is 1. The van der Waals surface area contributed by atoms with Gasteiger partial charge >= 0.3 is 0 Å². The Hall–Kier alpha value is -3.16. The molecule has 7 heteroatoms. The zero-order valence-electron chi connectivity index (χ0n) is 18.8. The molecule has 0 radical (unpaired) electrons. The zero-order chi connectivity index (χ0) is 23.8. The van der Waals surface area contributed by atoms with E-state index in [1.54, 1.807) is 24.3 Å². The van der Waals surface area contributed by atoms with Crippen LogP contribution in [-0.2, 0) is 4.79 Å². The van der Waals surface area contributed by atoms with Crippen molar-refractivity contribution in [1.82, 2.24) is 0 Å². The quantitative estimate of drug-likeness (QED) is 0.195. The van der Waals surface area contributed by atoms with Gasteiger partial charge in [0.1, 0.15) is 0 Å². The summed E-state index contributed by atoms with van der Waals surface area (Å²) in [5.41, 5.74) is 4.25. The molecule has 0 aliphatic heterocycles. The highest BCUT2D eigenvalue weighted by Crippen LogP contribution is 2.28. The molecule has 5 nitrogen and oxygen atoms in total. The van der Waals surface area contributed by atoms with Gasteiger partial charge in [-0.15, -0.1) is 11.8 Å². The van der Waals surface area contributed by atoms with Crippen molar-refractivity contribution >= 4 is 57.8 Å². The Labute approximate surface area is 204 Å². The van der Waals surface area contributed by atoms with Crippen molar-refractivity contribution in [1.29, 1.82) is 0 Å². The number of Topliss-reactive ketones (excluding diaryl/α,β-unsaturated/α-hetero) is 1. The highest BCUT2D eigenvalue weighted by molar-refractivity contribution is 8.00. The first kappa shape index (κ1) is 24.5. The molecular formula is C26H27N3O2S2. The first-order valence-corrected chi connectivity index (χ1v) is 12.0. The topological polar surface area (TPSA) is 70.2 Å². The minimum absolute atomic E-state index is 0.00287. The summed E-state index contributed by atoms with van der Waals surface area (Å²) >= 11 is 6.93. The van der Waals surface area contributed by atoms with Crippen LogP contribution in [0.5, 0.6) is 0 Å². The van der Waals surface area contributed by atoms with Gasteiger partial charge in [-0.1, -0.05) is 30.7 Å². The van der Waals surface area contributed by atoms with E-state index in [9.17, 15) is 9.59 Å². The van der Waals surface area contributed by atoms with E-state index in [-0.39, 0.29) is 16.9 Å². The molecule has 3 aromatic carbocycles. The van der Waals surface area contributed by atoms with E-state index in [1.165, 1.54) is 24.2 Å². The normalized spacial score (nSPS) is 11.4. The van der Waals surface area contributed by atoms with E-state index in [0.717, 1.165) is 16.3 Å². The number of thiocarbonyl (C=S) groups is 1. The largest absolute Gasteiger partial charge is 0.332 e. The highest BCUT2D eigenvalue weighted by Gasteiger charge is 2.18. The van der Waals surface area contributed by atoms with Crippen LogP contribution in [0, 0.1) is 6.92 Å². The third-order valence-electron chi connectivity index (χ3n) is 4.90. The molecule has 1 unspecified atom stereocenters. The van der Waals surface area contributed by atoms with Gasteiger partial charge in [0.05, 0.1) is 5.25 Å². The summed E-state index contributed by atoms with van der Waals surface area (Å²) in [5.74, 6) is -0.0788. The van der Waals surface area contributed by atoms with Crippen LogP contribution in [0.1, 0.15) is 36.2 Å². The van der Waals surface area contributed by atoms with E-state index in [1.807, 2.05) is 62.4 Å². The number of anilines is 3. The van der Waals surface area contributed by atoms with Gasteiger partial charge in [-0.05, 0) is 87.1 Å². The van der Waals surface area contributed by atoms with Gasteiger partial charge in [-0.25, -0.2) is 0 Å². The summed E-state index contributed by atoms with van der Waals surface area (Å²) in [6.07, 6.45) is 0.674. The Morgan fingerprint density at radius 2 is 1.48 bits per heavy atom. The average molecular weight is 478 g/mol. The maximum atomic E-state index is 12.8. The number of aryl methyl sites for hydroxylation is 1. The van der Waals surface area contributed by atoms with E-state index >= 15 is 0 Å². The number of hydrogen-bond acceptors (Lipinski definition) is 4. The van der Waals surface area contributed by atoms with Crippen molar-refractivity contribution in [3.63, 3.8) is 0 Å². The lowest BCUT2D eigenvalue weighted by Crippen LogP contribution is -2.24. The number of rotatable bonds is 8. The van der Waals surface area contributed by atoms with Crippen LogP contribution in [0.2, 0.25) is 0 Å². The van der Waals surface area contributed by atoms with E-state index in [0.29, 0.717) is 22.8 Å². The summed E-state index contributed by atoms with van der Waals surface area (Å²) in [6.45, 7) is 5.54. The van der Waals surface area contributed by atoms with Crippen molar-refractivity contribution in [2.75, 3.05) is 16.0 Å². The Balaban J connectivity index is 1.59. The van der Waals surface area contributed by atoms with Crippen molar-refractivity contribution in [2.24, 2.45) is 0 Å². The van der Waals surface area contributed by atoms with Gasteiger partial charge < -0.3 is 16.0 Å². The standard InChI is InChI=1S/C26H27N3O2S2/c1-4-24(25(31)27-20-14-10-19(11-15-20)18(3)30)33-23-7-5-6-22(16-23)29-26(32)28-21-12-8-17(2)9-13-21/h5-16,24H,4H2,1-3H3,(H,27,31)(H2,28,29,32). The molecule has 0 fully saturated rings. The number of amides is 1. The molecule has 33 heavy (non-hydrogen) atoms. The van der Waals surface area contributed by atoms with Crippen molar-refractivity contribution in [2.45, 2.75) is 37.3 Å². The summed E-state index contributed by atoms with van der Waals surface area (Å²) in [5, 5.41) is 9.55. The Kier molecular flexibility index (Phi) is 8.63. The van der Waals surface area contributed by atoms with E-state index in [2.05, 4.69) is 16.0 Å². The number of hydrogen-bond donors (Lipinski definition) is 3. The van der Waals surface area contributed by atoms with Gasteiger partial charge in [0, 0.05) is 27.5 Å². The summed E-state index contributed by atoms with van der Waals surface area (Å²) in [6, 6.07) is 22.8. The average Bonchev–Trinajstić information content (AvgIpc) is 2.79. The fourth-order valence-corrected chi connectivity index (χ4v) is 4.32. The molecule has 3 N–H and O–H groups in total. The Morgan fingerprint density at radius 3 is 2.12 bits per heavy atom. The van der Waals surface area contributed by atoms with E-state index < -0.39 is 0 Å². The van der Waals surface area contributed by atoms with Gasteiger partial charge in [0.25, 0.3) is 0 Å². The summed E-state index contributed by atoms with van der Waals surface area (Å²) in [7, 11) is 0. The van der Waals surface area contributed by atoms with Crippen LogP contribution >= 0.6 is 24.0 Å². The van der Waals surface area contributed by atoms with Crippen LogP contribution in [-0.4, -0.2) is 22.1 Å². The van der Waals surface area contributed by atoms with Crippen LogP contribution in [0.15, 0.2) is 77.7 Å². The van der Waals surface area contributed by atoms with Crippen LogP contribution in [0.3, 0.4) is 0 Å². The SMILES string of the molecule is CCC(Sc1cccc(NC(=S)Nc2ccc(C)cc2)c1)C(=O)Nc1ccc(C(C)=O)cc1. The van der Waals surface area contributed by atoms with Crippen molar-refractivity contribution < 1.29 is 9.59 Å². The molecule has 0 spiro atoms. The molecule has 0 aliphatic rings. The Bertz CT molecular complexity index is 1130. The predicted octanol–water partition coefficient (Wildman–Crippen LogP) is 6.52. The number of nitrogens with one attached hydrogen (secondary N) is 3. The molecule has 0 aromatic heterocycles. The second kappa shape index (κ2) is 11.6. The summed E-state index contributed by atoms with van der Waals surface area (Å²) in [4.78, 5) is 25.2. The molecule has 0 aliphatic carbocycles. The summed E-state index contributed by atoms with van der Waals surface area (Å²) < 4.78 is 0. The molecule has 3 aromatic rings. The first-order valence-electron chi connectivity index (χ1n) is 10.7. The first-order chi connectivity index (χ1) is 15.8. The molecule has 0 bridgehead atoms. The van der Waals surface area contributed by atoms with Gasteiger partial charge in [0.15, 0.2) is 10.9 Å². The lowest BCUT2D eigenvalue weighted by molar-refractivity contribution is -0.115. The lowest BCUT2D eigenvalue weighted by atomic mass is 10.1. The van der Waals surface area contributed by atoms with E-state index in [4.69, 9.17) is 12.2 Å². The lowest BCUT2D eigenvalue weighted by Gasteiger charge is -2.16. The third-order valence-corrected chi connectivity index (χ3v) is 6.46. The van der Waals surface area contributed by atoms with Crippen LogP contribution < -0.4 is 16.0 Å². The highest BCUT2D eigenvalue weighted by atomic mass is 32.2. The third kappa shape index (κ3) is 7.44. The Morgan fingerprint density at radius 1 is 0.879 bits per heavy atom.